The first kappa shape index (κ1) is 14.5. The fourth-order valence-electron chi connectivity index (χ4n) is 1.62. The number of carbonyl (C=O) groups is 1. The SMILES string of the molecule is CCOC(=O)/C=C/c1ccccc1CC(C)OC. The highest BCUT2D eigenvalue weighted by molar-refractivity contribution is 5.87. The minimum absolute atomic E-state index is 0.155. The Morgan fingerprint density at radius 3 is 2.78 bits per heavy atom. The van der Waals surface area contributed by atoms with E-state index in [0.29, 0.717) is 6.61 Å². The van der Waals surface area contributed by atoms with Crippen molar-refractivity contribution in [3.8, 4) is 0 Å². The lowest BCUT2D eigenvalue weighted by molar-refractivity contribution is -0.137. The first-order chi connectivity index (χ1) is 8.67. The monoisotopic (exact) mass is 248 g/mol. The van der Waals surface area contributed by atoms with Crippen molar-refractivity contribution in [1.29, 1.82) is 0 Å². The number of hydrogen-bond donors (Lipinski definition) is 0. The van der Waals surface area contributed by atoms with Gasteiger partial charge in [-0.1, -0.05) is 24.3 Å². The highest BCUT2D eigenvalue weighted by Gasteiger charge is 2.05. The molecular formula is C15H20O3. The highest BCUT2D eigenvalue weighted by atomic mass is 16.5. The number of hydrogen-bond acceptors (Lipinski definition) is 3. The highest BCUT2D eigenvalue weighted by Crippen LogP contribution is 2.14. The molecule has 98 valence electrons. The summed E-state index contributed by atoms with van der Waals surface area (Å²) < 4.78 is 10.1. The van der Waals surface area contributed by atoms with Crippen molar-refractivity contribution >= 4 is 12.0 Å². The number of methoxy groups -OCH3 is 1. The van der Waals surface area contributed by atoms with Crippen LogP contribution in [0.3, 0.4) is 0 Å². The second kappa shape index (κ2) is 7.67. The second-order valence-electron chi connectivity index (χ2n) is 4.03. The van der Waals surface area contributed by atoms with Crippen LogP contribution in [-0.2, 0) is 20.7 Å². The van der Waals surface area contributed by atoms with Gasteiger partial charge in [0.25, 0.3) is 0 Å². The smallest absolute Gasteiger partial charge is 0.330 e. The minimum Gasteiger partial charge on any atom is -0.463 e. The van der Waals surface area contributed by atoms with E-state index in [-0.39, 0.29) is 12.1 Å². The van der Waals surface area contributed by atoms with Crippen LogP contribution in [0, 0.1) is 0 Å². The number of rotatable bonds is 6. The van der Waals surface area contributed by atoms with Gasteiger partial charge in [0, 0.05) is 13.2 Å². The molecule has 0 saturated carbocycles. The molecule has 3 nitrogen and oxygen atoms in total. The Balaban J connectivity index is 2.78. The fourth-order valence-corrected chi connectivity index (χ4v) is 1.62. The summed E-state index contributed by atoms with van der Waals surface area (Å²) in [6.07, 6.45) is 4.22. The van der Waals surface area contributed by atoms with Crippen LogP contribution in [0.15, 0.2) is 30.3 Å². The van der Waals surface area contributed by atoms with E-state index in [1.807, 2.05) is 31.2 Å². The molecule has 3 heteroatoms. The third kappa shape index (κ3) is 4.72. The predicted molar refractivity (Wildman–Crippen MR) is 72.3 cm³/mol. The van der Waals surface area contributed by atoms with Crippen molar-refractivity contribution in [2.75, 3.05) is 13.7 Å². The molecule has 0 aliphatic carbocycles. The van der Waals surface area contributed by atoms with Gasteiger partial charge in [0.1, 0.15) is 0 Å². The lowest BCUT2D eigenvalue weighted by Gasteiger charge is -2.11. The van der Waals surface area contributed by atoms with Crippen LogP contribution in [0.1, 0.15) is 25.0 Å². The van der Waals surface area contributed by atoms with E-state index < -0.39 is 0 Å². The van der Waals surface area contributed by atoms with Gasteiger partial charge in [-0.25, -0.2) is 4.79 Å². The summed E-state index contributed by atoms with van der Waals surface area (Å²) in [4.78, 5) is 11.3. The Morgan fingerprint density at radius 1 is 1.39 bits per heavy atom. The molecule has 0 aliphatic heterocycles. The normalized spacial score (nSPS) is 12.6. The molecule has 0 aromatic heterocycles. The van der Waals surface area contributed by atoms with Crippen molar-refractivity contribution in [2.24, 2.45) is 0 Å². The maximum atomic E-state index is 11.3. The topological polar surface area (TPSA) is 35.5 Å². The Morgan fingerprint density at radius 2 is 2.11 bits per heavy atom. The third-order valence-electron chi connectivity index (χ3n) is 2.65. The van der Waals surface area contributed by atoms with Gasteiger partial charge in [-0.2, -0.15) is 0 Å². The quantitative estimate of drug-likeness (QED) is 0.573. The Kier molecular flexibility index (Phi) is 6.15. The molecule has 0 radical (unpaired) electrons. The summed E-state index contributed by atoms with van der Waals surface area (Å²) >= 11 is 0. The van der Waals surface area contributed by atoms with Gasteiger partial charge in [0.2, 0.25) is 0 Å². The van der Waals surface area contributed by atoms with Crippen LogP contribution in [0.4, 0.5) is 0 Å². The third-order valence-corrected chi connectivity index (χ3v) is 2.65. The zero-order chi connectivity index (χ0) is 13.4. The summed E-state index contributed by atoms with van der Waals surface area (Å²) in [7, 11) is 1.70. The molecule has 0 aliphatic rings. The summed E-state index contributed by atoms with van der Waals surface area (Å²) in [6, 6.07) is 7.96. The Labute approximate surface area is 108 Å². The Hall–Kier alpha value is -1.61. The van der Waals surface area contributed by atoms with Crippen LogP contribution in [0.5, 0.6) is 0 Å². The summed E-state index contributed by atoms with van der Waals surface area (Å²) in [5.74, 6) is -0.313. The van der Waals surface area contributed by atoms with E-state index in [1.165, 1.54) is 6.08 Å². The first-order valence-electron chi connectivity index (χ1n) is 6.13. The molecule has 0 saturated heterocycles. The predicted octanol–water partition coefficient (Wildman–Crippen LogP) is 2.84. The van der Waals surface area contributed by atoms with Crippen molar-refractivity contribution in [1.82, 2.24) is 0 Å². The summed E-state index contributed by atoms with van der Waals surface area (Å²) in [6.45, 7) is 4.21. The van der Waals surface area contributed by atoms with Crippen LogP contribution < -0.4 is 0 Å². The molecule has 1 aromatic carbocycles. The van der Waals surface area contributed by atoms with E-state index in [2.05, 4.69) is 0 Å². The van der Waals surface area contributed by atoms with Crippen molar-refractivity contribution in [3.63, 3.8) is 0 Å². The summed E-state index contributed by atoms with van der Waals surface area (Å²) in [5.41, 5.74) is 2.18. The average molecular weight is 248 g/mol. The summed E-state index contributed by atoms with van der Waals surface area (Å²) in [5, 5.41) is 0. The van der Waals surface area contributed by atoms with Crippen LogP contribution in [0.25, 0.3) is 6.08 Å². The van der Waals surface area contributed by atoms with E-state index in [0.717, 1.165) is 17.5 Å². The largest absolute Gasteiger partial charge is 0.463 e. The molecule has 1 rings (SSSR count). The standard InChI is InChI=1S/C15H20O3/c1-4-18-15(16)10-9-13-7-5-6-8-14(13)11-12(2)17-3/h5-10,12H,4,11H2,1-3H3/b10-9+. The van der Waals surface area contributed by atoms with E-state index in [9.17, 15) is 4.79 Å². The Bertz CT molecular complexity index is 410. The second-order valence-corrected chi connectivity index (χ2v) is 4.03. The van der Waals surface area contributed by atoms with E-state index in [4.69, 9.17) is 9.47 Å². The molecule has 0 fully saturated rings. The number of esters is 1. The molecule has 18 heavy (non-hydrogen) atoms. The fraction of sp³-hybridized carbons (Fsp3) is 0.400. The first-order valence-corrected chi connectivity index (χ1v) is 6.13. The average Bonchev–Trinajstić information content (AvgIpc) is 2.38. The number of benzene rings is 1. The molecule has 0 spiro atoms. The van der Waals surface area contributed by atoms with Crippen molar-refractivity contribution in [2.45, 2.75) is 26.4 Å². The van der Waals surface area contributed by atoms with E-state index >= 15 is 0 Å². The van der Waals surface area contributed by atoms with E-state index in [1.54, 1.807) is 20.1 Å². The molecule has 0 bridgehead atoms. The lowest BCUT2D eigenvalue weighted by Crippen LogP contribution is -2.09. The number of carbonyl (C=O) groups excluding carboxylic acids is 1. The van der Waals surface area contributed by atoms with Crippen LogP contribution in [0.2, 0.25) is 0 Å². The molecule has 0 N–H and O–H groups in total. The van der Waals surface area contributed by atoms with Gasteiger partial charge in [-0.3, -0.25) is 0 Å². The van der Waals surface area contributed by atoms with Crippen molar-refractivity contribution < 1.29 is 14.3 Å². The molecular weight excluding hydrogens is 228 g/mol. The molecule has 1 aromatic rings. The van der Waals surface area contributed by atoms with Crippen LogP contribution >= 0.6 is 0 Å². The zero-order valence-corrected chi connectivity index (χ0v) is 11.2. The van der Waals surface area contributed by atoms with Crippen molar-refractivity contribution in [3.05, 3.63) is 41.5 Å². The minimum atomic E-state index is -0.313. The number of ether oxygens (including phenoxy) is 2. The van der Waals surface area contributed by atoms with Gasteiger partial charge < -0.3 is 9.47 Å². The molecule has 0 heterocycles. The zero-order valence-electron chi connectivity index (χ0n) is 11.2. The molecule has 1 atom stereocenters. The molecule has 0 amide bonds. The maximum Gasteiger partial charge on any atom is 0.330 e. The van der Waals surface area contributed by atoms with Crippen LogP contribution in [-0.4, -0.2) is 25.8 Å². The maximum absolute atomic E-state index is 11.3. The van der Waals surface area contributed by atoms with Gasteiger partial charge in [-0.05, 0) is 37.5 Å². The lowest BCUT2D eigenvalue weighted by atomic mass is 10.0. The van der Waals surface area contributed by atoms with Gasteiger partial charge >= 0.3 is 5.97 Å². The van der Waals surface area contributed by atoms with Gasteiger partial charge in [-0.15, -0.1) is 0 Å². The van der Waals surface area contributed by atoms with Gasteiger partial charge in [0.15, 0.2) is 0 Å². The molecule has 1 unspecified atom stereocenters. The van der Waals surface area contributed by atoms with Gasteiger partial charge in [0.05, 0.1) is 12.7 Å².